The van der Waals surface area contributed by atoms with Crippen LogP contribution in [0.1, 0.15) is 18.9 Å². The third-order valence-electron chi connectivity index (χ3n) is 3.26. The van der Waals surface area contributed by atoms with Gasteiger partial charge in [-0.1, -0.05) is 37.3 Å². The molecular formula is C13H17F2N. The Morgan fingerprint density at radius 3 is 2.62 bits per heavy atom. The van der Waals surface area contributed by atoms with Crippen molar-refractivity contribution in [3.63, 3.8) is 0 Å². The molecule has 16 heavy (non-hydrogen) atoms. The van der Waals surface area contributed by atoms with E-state index in [-0.39, 0.29) is 6.42 Å². The lowest BCUT2D eigenvalue weighted by Gasteiger charge is -2.36. The van der Waals surface area contributed by atoms with E-state index in [1.807, 2.05) is 30.3 Å². The minimum atomic E-state index is -2.48. The first-order valence-corrected chi connectivity index (χ1v) is 5.72. The highest BCUT2D eigenvalue weighted by Gasteiger charge is 2.40. The Balaban J connectivity index is 1.94. The number of halogens is 2. The smallest absolute Gasteiger partial charge is 0.253 e. The largest absolute Gasteiger partial charge is 0.298 e. The minimum Gasteiger partial charge on any atom is -0.298 e. The Bertz CT molecular complexity index is 337. The van der Waals surface area contributed by atoms with Crippen LogP contribution in [-0.2, 0) is 6.54 Å². The van der Waals surface area contributed by atoms with Crippen LogP contribution in [-0.4, -0.2) is 23.9 Å². The fourth-order valence-electron chi connectivity index (χ4n) is 2.15. The fourth-order valence-corrected chi connectivity index (χ4v) is 2.15. The van der Waals surface area contributed by atoms with Crippen molar-refractivity contribution in [1.82, 2.24) is 4.90 Å². The number of likely N-dealkylation sites (tertiary alicyclic amines) is 1. The lowest BCUT2D eigenvalue weighted by molar-refractivity contribution is -0.100. The van der Waals surface area contributed by atoms with Gasteiger partial charge in [0.25, 0.3) is 5.92 Å². The Labute approximate surface area is 95.1 Å². The van der Waals surface area contributed by atoms with Crippen LogP contribution in [0.4, 0.5) is 8.78 Å². The first-order valence-electron chi connectivity index (χ1n) is 5.72. The van der Waals surface area contributed by atoms with E-state index in [9.17, 15) is 8.78 Å². The van der Waals surface area contributed by atoms with Gasteiger partial charge in [-0.3, -0.25) is 4.90 Å². The number of hydrogen-bond acceptors (Lipinski definition) is 1. The fraction of sp³-hybridized carbons (Fsp3) is 0.538. The molecule has 0 amide bonds. The average molecular weight is 225 g/mol. The Kier molecular flexibility index (Phi) is 3.24. The van der Waals surface area contributed by atoms with E-state index in [0.717, 1.165) is 6.54 Å². The molecule has 0 aliphatic carbocycles. The van der Waals surface area contributed by atoms with Crippen LogP contribution in [0.15, 0.2) is 30.3 Å². The molecule has 0 spiro atoms. The van der Waals surface area contributed by atoms with Crippen LogP contribution in [0.25, 0.3) is 0 Å². The van der Waals surface area contributed by atoms with Crippen molar-refractivity contribution in [2.24, 2.45) is 5.92 Å². The van der Waals surface area contributed by atoms with Crippen molar-refractivity contribution in [1.29, 1.82) is 0 Å². The summed E-state index contributed by atoms with van der Waals surface area (Å²) in [7, 11) is 0. The second-order valence-electron chi connectivity index (χ2n) is 4.63. The zero-order chi connectivity index (χ0) is 11.6. The Hall–Kier alpha value is -0.960. The summed E-state index contributed by atoms with van der Waals surface area (Å²) in [4.78, 5) is 2.11. The molecule has 3 heteroatoms. The number of benzene rings is 1. The maximum atomic E-state index is 13.3. The molecule has 0 bridgehead atoms. The molecule has 0 aromatic heterocycles. The number of nitrogens with zero attached hydrogens (tertiary/aromatic N) is 1. The normalized spacial score (nSPS) is 25.6. The van der Waals surface area contributed by atoms with Gasteiger partial charge in [0.2, 0.25) is 0 Å². The van der Waals surface area contributed by atoms with Crippen molar-refractivity contribution < 1.29 is 8.78 Å². The van der Waals surface area contributed by atoms with E-state index >= 15 is 0 Å². The molecule has 1 saturated heterocycles. The average Bonchev–Trinajstić information content (AvgIpc) is 2.26. The Morgan fingerprint density at radius 2 is 2.00 bits per heavy atom. The standard InChI is InChI=1S/C13H17F2N/c1-11-9-16(8-7-13(11,14)15)10-12-5-3-2-4-6-12/h2-6,11H,7-10H2,1H3. The van der Waals surface area contributed by atoms with Gasteiger partial charge in [0.15, 0.2) is 0 Å². The summed E-state index contributed by atoms with van der Waals surface area (Å²) in [5, 5.41) is 0. The third-order valence-corrected chi connectivity index (χ3v) is 3.26. The van der Waals surface area contributed by atoms with Crippen molar-refractivity contribution in [3.05, 3.63) is 35.9 Å². The van der Waals surface area contributed by atoms with Gasteiger partial charge in [-0.25, -0.2) is 8.78 Å². The highest BCUT2D eigenvalue weighted by Crippen LogP contribution is 2.33. The minimum absolute atomic E-state index is 0.0129. The van der Waals surface area contributed by atoms with E-state index in [1.54, 1.807) is 6.92 Å². The van der Waals surface area contributed by atoms with E-state index < -0.39 is 11.8 Å². The van der Waals surface area contributed by atoms with Crippen molar-refractivity contribution in [2.75, 3.05) is 13.1 Å². The first kappa shape index (κ1) is 11.5. The summed E-state index contributed by atoms with van der Waals surface area (Å²) in [5.74, 6) is -3.02. The van der Waals surface area contributed by atoms with Crippen LogP contribution in [0.3, 0.4) is 0 Å². The number of hydrogen-bond donors (Lipinski definition) is 0. The molecule has 1 fully saturated rings. The first-order chi connectivity index (χ1) is 7.58. The molecule has 2 rings (SSSR count). The highest BCUT2D eigenvalue weighted by atomic mass is 19.3. The topological polar surface area (TPSA) is 3.24 Å². The molecule has 1 unspecified atom stereocenters. The zero-order valence-electron chi connectivity index (χ0n) is 9.50. The second kappa shape index (κ2) is 4.50. The van der Waals surface area contributed by atoms with Gasteiger partial charge in [0.1, 0.15) is 0 Å². The molecule has 1 aliphatic heterocycles. The van der Waals surface area contributed by atoms with Crippen molar-refractivity contribution >= 4 is 0 Å². The molecule has 1 aliphatic rings. The number of rotatable bonds is 2. The van der Waals surface area contributed by atoms with Gasteiger partial charge < -0.3 is 0 Å². The van der Waals surface area contributed by atoms with Crippen LogP contribution in [0.2, 0.25) is 0 Å². The quantitative estimate of drug-likeness (QED) is 0.747. The third kappa shape index (κ3) is 2.59. The molecule has 0 saturated carbocycles. The van der Waals surface area contributed by atoms with E-state index in [2.05, 4.69) is 4.90 Å². The summed E-state index contributed by atoms with van der Waals surface area (Å²) >= 11 is 0. The maximum absolute atomic E-state index is 13.3. The zero-order valence-corrected chi connectivity index (χ0v) is 9.50. The molecule has 1 aromatic carbocycles. The van der Waals surface area contributed by atoms with Crippen LogP contribution in [0.5, 0.6) is 0 Å². The summed E-state index contributed by atoms with van der Waals surface area (Å²) in [6.07, 6.45) is -0.0129. The number of piperidine rings is 1. The summed E-state index contributed by atoms with van der Waals surface area (Å²) < 4.78 is 26.6. The molecule has 1 heterocycles. The predicted octanol–water partition coefficient (Wildman–Crippen LogP) is 3.16. The van der Waals surface area contributed by atoms with E-state index in [0.29, 0.717) is 13.1 Å². The SMILES string of the molecule is CC1CN(Cc2ccccc2)CCC1(F)F. The van der Waals surface area contributed by atoms with Gasteiger partial charge >= 0.3 is 0 Å². The van der Waals surface area contributed by atoms with Crippen molar-refractivity contribution in [3.8, 4) is 0 Å². The van der Waals surface area contributed by atoms with Crippen LogP contribution < -0.4 is 0 Å². The van der Waals surface area contributed by atoms with Crippen LogP contribution >= 0.6 is 0 Å². The lowest BCUT2D eigenvalue weighted by atomic mass is 9.95. The lowest BCUT2D eigenvalue weighted by Crippen LogP contribution is -2.45. The molecule has 0 N–H and O–H groups in total. The summed E-state index contributed by atoms with van der Waals surface area (Å²) in [6.45, 7) is 3.40. The van der Waals surface area contributed by atoms with Gasteiger partial charge in [-0.05, 0) is 5.56 Å². The second-order valence-corrected chi connectivity index (χ2v) is 4.63. The molecule has 88 valence electrons. The predicted molar refractivity (Wildman–Crippen MR) is 60.4 cm³/mol. The van der Waals surface area contributed by atoms with E-state index in [1.165, 1.54) is 5.56 Å². The van der Waals surface area contributed by atoms with Gasteiger partial charge in [0.05, 0.1) is 0 Å². The monoisotopic (exact) mass is 225 g/mol. The summed E-state index contributed by atoms with van der Waals surface area (Å²) in [6, 6.07) is 10.0. The highest BCUT2D eigenvalue weighted by molar-refractivity contribution is 5.14. The molecule has 1 aromatic rings. The van der Waals surface area contributed by atoms with Gasteiger partial charge in [0, 0.05) is 32.0 Å². The van der Waals surface area contributed by atoms with Crippen molar-refractivity contribution in [2.45, 2.75) is 25.8 Å². The summed E-state index contributed by atoms with van der Waals surface area (Å²) in [5.41, 5.74) is 1.19. The van der Waals surface area contributed by atoms with Gasteiger partial charge in [-0.2, -0.15) is 0 Å². The Morgan fingerprint density at radius 1 is 1.31 bits per heavy atom. The maximum Gasteiger partial charge on any atom is 0.253 e. The molecule has 1 nitrogen and oxygen atoms in total. The van der Waals surface area contributed by atoms with Gasteiger partial charge in [-0.15, -0.1) is 0 Å². The molecular weight excluding hydrogens is 208 g/mol. The van der Waals surface area contributed by atoms with Crippen LogP contribution in [0, 0.1) is 5.92 Å². The molecule has 1 atom stereocenters. The van der Waals surface area contributed by atoms with E-state index in [4.69, 9.17) is 0 Å². The molecule has 0 radical (unpaired) electrons. The number of alkyl halides is 2.